The summed E-state index contributed by atoms with van der Waals surface area (Å²) in [6.07, 6.45) is 0.939. The number of nitrogens with zero attached hydrogens (tertiary/aromatic N) is 2. The maximum atomic E-state index is 14.4. The molecule has 1 atom stereocenters. The lowest BCUT2D eigenvalue weighted by Crippen LogP contribution is -2.52. The van der Waals surface area contributed by atoms with Crippen molar-refractivity contribution in [1.29, 1.82) is 0 Å². The van der Waals surface area contributed by atoms with Gasteiger partial charge in [0.05, 0.1) is 6.54 Å². The fourth-order valence-electron chi connectivity index (χ4n) is 2.90. The molecular weight excluding hydrogens is 359 g/mol. The molecule has 0 saturated carbocycles. The lowest BCUT2D eigenvalue weighted by molar-refractivity contribution is -0.101. The molecule has 1 aliphatic rings. The molecule has 0 radical (unpaired) electrons. The quantitative estimate of drug-likeness (QED) is 0.855. The number of carbonyl (C=O) groups is 1. The van der Waals surface area contributed by atoms with Gasteiger partial charge in [0.2, 0.25) is 0 Å². The Balaban J connectivity index is 1.49. The first kappa shape index (κ1) is 19.0. The zero-order valence-corrected chi connectivity index (χ0v) is 14.6. The molecule has 5 nitrogen and oxygen atoms in total. The number of carbonyl (C=O) groups excluding carboxylic acids is 1. The summed E-state index contributed by atoms with van der Waals surface area (Å²) >= 11 is 0. The summed E-state index contributed by atoms with van der Waals surface area (Å²) < 4.78 is 46.8. The number of halogens is 3. The number of nitrogens with one attached hydrogen (secondary N) is 1. The number of aromatic nitrogens is 1. The van der Waals surface area contributed by atoms with Crippen molar-refractivity contribution in [1.82, 2.24) is 9.88 Å². The predicted octanol–water partition coefficient (Wildman–Crippen LogP) is 3.93. The lowest BCUT2D eigenvalue weighted by Gasteiger charge is -2.37. The summed E-state index contributed by atoms with van der Waals surface area (Å²) in [5, 5.41) is 2.91. The molecule has 0 aliphatic carbocycles. The third kappa shape index (κ3) is 5.12. The monoisotopic (exact) mass is 379 g/mol. The van der Waals surface area contributed by atoms with Crippen molar-refractivity contribution in [3.05, 3.63) is 60.0 Å². The molecule has 1 aromatic heterocycles. The Hall–Kier alpha value is -2.77. The van der Waals surface area contributed by atoms with E-state index in [-0.39, 0.29) is 26.1 Å². The van der Waals surface area contributed by atoms with Crippen molar-refractivity contribution in [2.45, 2.75) is 19.0 Å². The highest BCUT2D eigenvalue weighted by Gasteiger charge is 2.46. The SMILES string of the molecule is O=C(OCc1ccc(F)cc1)N1CC[C@@H](CNc2ccccn2)C(F)(F)C1. The predicted molar refractivity (Wildman–Crippen MR) is 93.9 cm³/mol. The number of piperidine rings is 1. The zero-order valence-electron chi connectivity index (χ0n) is 14.6. The van der Waals surface area contributed by atoms with Crippen molar-refractivity contribution in [2.75, 3.05) is 25.0 Å². The Kier molecular flexibility index (Phi) is 5.83. The highest BCUT2D eigenvalue weighted by Crippen LogP contribution is 2.33. The van der Waals surface area contributed by atoms with Crippen LogP contribution in [-0.4, -0.2) is 41.5 Å². The van der Waals surface area contributed by atoms with Gasteiger partial charge in [0, 0.05) is 25.2 Å². The molecule has 3 rings (SSSR count). The molecule has 2 aromatic rings. The Bertz CT molecular complexity index is 757. The second-order valence-corrected chi connectivity index (χ2v) is 6.45. The average Bonchev–Trinajstić information content (AvgIpc) is 2.66. The molecule has 1 aliphatic heterocycles. The van der Waals surface area contributed by atoms with Crippen LogP contribution in [0.25, 0.3) is 0 Å². The fraction of sp³-hybridized carbons (Fsp3) is 0.368. The van der Waals surface area contributed by atoms with E-state index in [1.807, 2.05) is 0 Å². The lowest BCUT2D eigenvalue weighted by atomic mass is 9.93. The van der Waals surface area contributed by atoms with Gasteiger partial charge in [-0.3, -0.25) is 0 Å². The van der Waals surface area contributed by atoms with E-state index in [0.29, 0.717) is 11.4 Å². The van der Waals surface area contributed by atoms with E-state index in [2.05, 4.69) is 10.3 Å². The number of amides is 1. The van der Waals surface area contributed by atoms with Crippen LogP contribution in [0.2, 0.25) is 0 Å². The summed E-state index contributed by atoms with van der Waals surface area (Å²) in [4.78, 5) is 17.1. The maximum absolute atomic E-state index is 14.4. The van der Waals surface area contributed by atoms with Crippen molar-refractivity contribution in [3.63, 3.8) is 0 Å². The standard InChI is InChI=1S/C19H20F3N3O2/c20-16-6-4-14(5-7-16)12-27-18(26)25-10-8-15(19(21,22)13-25)11-24-17-3-1-2-9-23-17/h1-7,9,15H,8,10-13H2,(H,23,24)/t15-/m0/s1. The number of hydrogen-bond donors (Lipinski definition) is 1. The van der Waals surface area contributed by atoms with Crippen LogP contribution in [-0.2, 0) is 11.3 Å². The number of hydrogen-bond acceptors (Lipinski definition) is 4. The zero-order chi connectivity index (χ0) is 19.3. The molecular formula is C19H20F3N3O2. The second-order valence-electron chi connectivity index (χ2n) is 6.45. The molecule has 0 spiro atoms. The van der Waals surface area contributed by atoms with E-state index in [0.717, 1.165) is 4.90 Å². The van der Waals surface area contributed by atoms with E-state index in [1.165, 1.54) is 24.3 Å². The van der Waals surface area contributed by atoms with Gasteiger partial charge in [0.1, 0.15) is 18.2 Å². The van der Waals surface area contributed by atoms with Crippen LogP contribution in [0.15, 0.2) is 48.7 Å². The van der Waals surface area contributed by atoms with Crippen molar-refractivity contribution in [2.24, 2.45) is 5.92 Å². The molecule has 0 bridgehead atoms. The minimum atomic E-state index is -3.03. The Morgan fingerprint density at radius 3 is 2.70 bits per heavy atom. The van der Waals surface area contributed by atoms with Crippen LogP contribution in [0.3, 0.4) is 0 Å². The molecule has 1 fully saturated rings. The van der Waals surface area contributed by atoms with E-state index >= 15 is 0 Å². The van der Waals surface area contributed by atoms with Gasteiger partial charge < -0.3 is 15.0 Å². The van der Waals surface area contributed by atoms with Gasteiger partial charge in [-0.25, -0.2) is 22.9 Å². The molecule has 27 heavy (non-hydrogen) atoms. The summed E-state index contributed by atoms with van der Waals surface area (Å²) in [6.45, 7) is -0.523. The number of likely N-dealkylation sites (tertiary alicyclic amines) is 1. The van der Waals surface area contributed by atoms with Crippen LogP contribution >= 0.6 is 0 Å². The number of anilines is 1. The van der Waals surface area contributed by atoms with Gasteiger partial charge in [0.15, 0.2) is 0 Å². The third-order valence-corrected chi connectivity index (χ3v) is 4.47. The number of pyridine rings is 1. The normalized spacial score (nSPS) is 18.8. The van der Waals surface area contributed by atoms with E-state index in [9.17, 15) is 18.0 Å². The van der Waals surface area contributed by atoms with Gasteiger partial charge in [-0.1, -0.05) is 18.2 Å². The topological polar surface area (TPSA) is 54.5 Å². The summed E-state index contributed by atoms with van der Waals surface area (Å²) in [5.41, 5.74) is 0.589. The molecule has 0 unspecified atom stereocenters. The molecule has 144 valence electrons. The number of ether oxygens (including phenoxy) is 1. The Morgan fingerprint density at radius 1 is 1.26 bits per heavy atom. The van der Waals surface area contributed by atoms with Crippen LogP contribution in [0.1, 0.15) is 12.0 Å². The first-order chi connectivity index (χ1) is 12.9. The smallest absolute Gasteiger partial charge is 0.410 e. The summed E-state index contributed by atoms with van der Waals surface area (Å²) in [5.74, 6) is -3.80. The minimum Gasteiger partial charge on any atom is -0.445 e. The number of alkyl halides is 2. The second kappa shape index (κ2) is 8.28. The van der Waals surface area contributed by atoms with Crippen molar-refractivity contribution >= 4 is 11.9 Å². The highest BCUT2D eigenvalue weighted by atomic mass is 19.3. The largest absolute Gasteiger partial charge is 0.445 e. The molecule has 1 aromatic carbocycles. The molecule has 2 heterocycles. The molecule has 8 heteroatoms. The maximum Gasteiger partial charge on any atom is 0.410 e. The van der Waals surface area contributed by atoms with Gasteiger partial charge in [-0.2, -0.15) is 0 Å². The van der Waals surface area contributed by atoms with Crippen LogP contribution < -0.4 is 5.32 Å². The van der Waals surface area contributed by atoms with Gasteiger partial charge in [0.25, 0.3) is 5.92 Å². The molecule has 1 saturated heterocycles. The average molecular weight is 379 g/mol. The fourth-order valence-corrected chi connectivity index (χ4v) is 2.90. The number of rotatable bonds is 5. The van der Waals surface area contributed by atoms with Crippen molar-refractivity contribution in [3.8, 4) is 0 Å². The van der Waals surface area contributed by atoms with Crippen LogP contribution in [0.5, 0.6) is 0 Å². The first-order valence-corrected chi connectivity index (χ1v) is 8.63. The van der Waals surface area contributed by atoms with Gasteiger partial charge >= 0.3 is 6.09 Å². The van der Waals surface area contributed by atoms with Crippen LogP contribution in [0.4, 0.5) is 23.8 Å². The minimum absolute atomic E-state index is 0.0719. The van der Waals surface area contributed by atoms with E-state index < -0.39 is 30.3 Å². The van der Waals surface area contributed by atoms with Gasteiger partial charge in [-0.05, 0) is 36.2 Å². The number of benzene rings is 1. The Morgan fingerprint density at radius 2 is 2.04 bits per heavy atom. The summed E-state index contributed by atoms with van der Waals surface area (Å²) in [7, 11) is 0. The molecule has 1 N–H and O–H groups in total. The van der Waals surface area contributed by atoms with E-state index in [1.54, 1.807) is 24.4 Å². The molecule has 1 amide bonds. The van der Waals surface area contributed by atoms with Gasteiger partial charge in [-0.15, -0.1) is 0 Å². The third-order valence-electron chi connectivity index (χ3n) is 4.47. The van der Waals surface area contributed by atoms with Crippen molar-refractivity contribution < 1.29 is 22.7 Å². The first-order valence-electron chi connectivity index (χ1n) is 8.63. The Labute approximate surface area is 155 Å². The summed E-state index contributed by atoms with van der Waals surface area (Å²) in [6, 6.07) is 10.7. The highest BCUT2D eigenvalue weighted by molar-refractivity contribution is 5.68. The van der Waals surface area contributed by atoms with Crippen LogP contribution in [0, 0.1) is 11.7 Å². The van der Waals surface area contributed by atoms with E-state index in [4.69, 9.17) is 4.74 Å².